The number of fused-ring (bicyclic) bond motifs is 1. The molecule has 3 rings (SSSR count). The summed E-state index contributed by atoms with van der Waals surface area (Å²) in [6.45, 7) is 3.12. The van der Waals surface area contributed by atoms with E-state index in [-0.39, 0.29) is 18.4 Å². The minimum Gasteiger partial charge on any atom is -0.490 e. The van der Waals surface area contributed by atoms with Crippen LogP contribution in [-0.2, 0) is 9.59 Å². The number of hydrogen-bond donors (Lipinski definition) is 1. The van der Waals surface area contributed by atoms with E-state index < -0.39 is 6.04 Å². The number of nitrogens with one attached hydrogen (secondary N) is 1. The number of carbonyl (C=O) groups excluding carboxylic acids is 2. The third kappa shape index (κ3) is 2.53. The highest BCUT2D eigenvalue weighted by molar-refractivity contribution is 6.06. The highest BCUT2D eigenvalue weighted by Crippen LogP contribution is 2.35. The molecule has 0 radical (unpaired) electrons. The monoisotopic (exact) mass is 290 g/mol. The number of ether oxygens (including phenoxy) is 2. The molecule has 0 bridgehead atoms. The van der Waals surface area contributed by atoms with E-state index in [1.54, 1.807) is 23.1 Å². The maximum absolute atomic E-state index is 12.2. The second-order valence-corrected chi connectivity index (χ2v) is 5.09. The number of nitrogens with zero attached hydrogens (tertiary/aromatic N) is 1. The fourth-order valence-electron chi connectivity index (χ4n) is 2.65. The zero-order valence-corrected chi connectivity index (χ0v) is 11.9. The first kappa shape index (κ1) is 13.7. The summed E-state index contributed by atoms with van der Waals surface area (Å²) in [5.41, 5.74) is 0.672. The number of amides is 2. The Morgan fingerprint density at radius 3 is 2.76 bits per heavy atom. The maximum Gasteiger partial charge on any atom is 0.247 e. The van der Waals surface area contributed by atoms with Crippen molar-refractivity contribution in [2.75, 3.05) is 24.7 Å². The maximum atomic E-state index is 12.2. The molecule has 1 unspecified atom stereocenters. The van der Waals surface area contributed by atoms with Gasteiger partial charge in [0.15, 0.2) is 11.5 Å². The average Bonchev–Trinajstić information content (AvgIpc) is 2.73. The van der Waals surface area contributed by atoms with E-state index in [1.165, 1.54) is 0 Å². The first-order chi connectivity index (χ1) is 10.2. The number of piperazine rings is 1. The molecule has 6 nitrogen and oxygen atoms in total. The summed E-state index contributed by atoms with van der Waals surface area (Å²) in [5, 5.41) is 2.62. The summed E-state index contributed by atoms with van der Waals surface area (Å²) in [7, 11) is 0. The van der Waals surface area contributed by atoms with Crippen molar-refractivity contribution in [2.45, 2.75) is 25.8 Å². The molecule has 2 aliphatic heterocycles. The fraction of sp³-hybridized carbons (Fsp3) is 0.467. The summed E-state index contributed by atoms with van der Waals surface area (Å²) in [6.07, 6.45) is 1.39. The largest absolute Gasteiger partial charge is 0.490 e. The molecule has 1 aromatic carbocycles. The third-order valence-corrected chi connectivity index (χ3v) is 3.69. The second-order valence-electron chi connectivity index (χ2n) is 5.09. The van der Waals surface area contributed by atoms with Crippen LogP contribution in [0.4, 0.5) is 5.69 Å². The van der Waals surface area contributed by atoms with Crippen LogP contribution in [0.1, 0.15) is 19.8 Å². The van der Waals surface area contributed by atoms with Gasteiger partial charge >= 0.3 is 0 Å². The van der Waals surface area contributed by atoms with Gasteiger partial charge in [-0.05, 0) is 18.6 Å². The minimum absolute atomic E-state index is 0.0315. The van der Waals surface area contributed by atoms with Gasteiger partial charge in [-0.1, -0.05) is 6.92 Å². The van der Waals surface area contributed by atoms with Gasteiger partial charge in [0, 0.05) is 18.2 Å². The molecule has 2 amide bonds. The second kappa shape index (κ2) is 5.63. The molecule has 0 aliphatic carbocycles. The highest BCUT2D eigenvalue weighted by atomic mass is 16.5. The molecule has 0 aromatic heterocycles. The van der Waals surface area contributed by atoms with E-state index in [1.807, 2.05) is 6.92 Å². The predicted molar refractivity (Wildman–Crippen MR) is 76.6 cm³/mol. The van der Waals surface area contributed by atoms with Crippen LogP contribution in [0.2, 0.25) is 0 Å². The van der Waals surface area contributed by atoms with E-state index >= 15 is 0 Å². The zero-order valence-electron chi connectivity index (χ0n) is 11.9. The number of rotatable bonds is 2. The summed E-state index contributed by atoms with van der Waals surface area (Å²) in [5.74, 6) is 1.07. The van der Waals surface area contributed by atoms with Crippen LogP contribution in [0.5, 0.6) is 11.5 Å². The van der Waals surface area contributed by atoms with Gasteiger partial charge in [-0.15, -0.1) is 0 Å². The lowest BCUT2D eigenvalue weighted by atomic mass is 10.1. The Hall–Kier alpha value is -2.24. The first-order valence-corrected chi connectivity index (χ1v) is 7.20. The number of hydrogen-bond acceptors (Lipinski definition) is 4. The molecule has 1 N–H and O–H groups in total. The minimum atomic E-state index is -0.476. The van der Waals surface area contributed by atoms with E-state index in [0.29, 0.717) is 36.8 Å². The lowest BCUT2D eigenvalue weighted by molar-refractivity contribution is -0.131. The Morgan fingerprint density at radius 1 is 1.24 bits per heavy atom. The van der Waals surface area contributed by atoms with Crippen LogP contribution < -0.4 is 19.7 Å². The van der Waals surface area contributed by atoms with Crippen molar-refractivity contribution in [1.29, 1.82) is 0 Å². The molecule has 2 heterocycles. The molecule has 1 atom stereocenters. The van der Waals surface area contributed by atoms with Crippen molar-refractivity contribution in [3.05, 3.63) is 18.2 Å². The van der Waals surface area contributed by atoms with E-state index in [9.17, 15) is 9.59 Å². The Labute approximate surface area is 123 Å². The van der Waals surface area contributed by atoms with Gasteiger partial charge in [0.1, 0.15) is 6.04 Å². The topological polar surface area (TPSA) is 67.9 Å². The highest BCUT2D eigenvalue weighted by Gasteiger charge is 2.34. The van der Waals surface area contributed by atoms with Gasteiger partial charge in [-0.3, -0.25) is 14.5 Å². The van der Waals surface area contributed by atoms with Crippen molar-refractivity contribution < 1.29 is 19.1 Å². The third-order valence-electron chi connectivity index (χ3n) is 3.69. The molecule has 2 aliphatic rings. The lowest BCUT2D eigenvalue weighted by Crippen LogP contribution is -2.58. The van der Waals surface area contributed by atoms with Crippen LogP contribution in [-0.4, -0.2) is 37.6 Å². The van der Waals surface area contributed by atoms with E-state index in [0.717, 1.165) is 6.42 Å². The zero-order chi connectivity index (χ0) is 14.8. The molecule has 0 spiro atoms. The first-order valence-electron chi connectivity index (χ1n) is 7.20. The molecular weight excluding hydrogens is 272 g/mol. The Balaban J connectivity index is 1.96. The number of carbonyl (C=O) groups is 2. The smallest absolute Gasteiger partial charge is 0.247 e. The van der Waals surface area contributed by atoms with Crippen LogP contribution in [0.25, 0.3) is 0 Å². The van der Waals surface area contributed by atoms with Crippen molar-refractivity contribution in [2.24, 2.45) is 0 Å². The average molecular weight is 290 g/mol. The summed E-state index contributed by atoms with van der Waals surface area (Å²) in [4.78, 5) is 25.7. The molecular formula is C15H18N2O4. The Kier molecular flexibility index (Phi) is 3.68. The summed E-state index contributed by atoms with van der Waals surface area (Å²) < 4.78 is 11.2. The SMILES string of the molecule is CCC1C(=O)NCC(=O)N1c1ccc2c(c1)OCCCO2. The molecule has 21 heavy (non-hydrogen) atoms. The fourth-order valence-corrected chi connectivity index (χ4v) is 2.65. The van der Waals surface area contributed by atoms with E-state index in [2.05, 4.69) is 5.32 Å². The van der Waals surface area contributed by atoms with Crippen molar-refractivity contribution in [1.82, 2.24) is 5.32 Å². The summed E-state index contributed by atoms with van der Waals surface area (Å²) >= 11 is 0. The number of benzene rings is 1. The van der Waals surface area contributed by atoms with Gasteiger partial charge in [0.05, 0.1) is 19.8 Å². The van der Waals surface area contributed by atoms with Gasteiger partial charge < -0.3 is 14.8 Å². The normalized spacial score (nSPS) is 21.8. The Morgan fingerprint density at radius 2 is 2.00 bits per heavy atom. The van der Waals surface area contributed by atoms with Crippen molar-refractivity contribution in [3.8, 4) is 11.5 Å². The van der Waals surface area contributed by atoms with Crippen molar-refractivity contribution >= 4 is 17.5 Å². The molecule has 1 aromatic rings. The van der Waals surface area contributed by atoms with Gasteiger partial charge in [-0.2, -0.15) is 0 Å². The van der Waals surface area contributed by atoms with Gasteiger partial charge in [0.25, 0.3) is 0 Å². The van der Waals surface area contributed by atoms with Gasteiger partial charge in [0.2, 0.25) is 11.8 Å². The van der Waals surface area contributed by atoms with Crippen LogP contribution in [0, 0.1) is 0 Å². The van der Waals surface area contributed by atoms with Crippen LogP contribution in [0.3, 0.4) is 0 Å². The molecule has 0 saturated carbocycles. The lowest BCUT2D eigenvalue weighted by Gasteiger charge is -2.34. The van der Waals surface area contributed by atoms with Crippen LogP contribution >= 0.6 is 0 Å². The molecule has 1 fully saturated rings. The van der Waals surface area contributed by atoms with Gasteiger partial charge in [-0.25, -0.2) is 0 Å². The quantitative estimate of drug-likeness (QED) is 0.885. The molecule has 6 heteroatoms. The van der Waals surface area contributed by atoms with Crippen molar-refractivity contribution in [3.63, 3.8) is 0 Å². The van der Waals surface area contributed by atoms with E-state index in [4.69, 9.17) is 9.47 Å². The number of anilines is 1. The van der Waals surface area contributed by atoms with Crippen LogP contribution in [0.15, 0.2) is 18.2 Å². The Bertz CT molecular complexity index is 573. The standard InChI is InChI=1S/C15H18N2O4/c1-2-11-15(19)16-9-14(18)17(11)10-4-5-12-13(8-10)21-7-3-6-20-12/h4-5,8,11H,2-3,6-7,9H2,1H3,(H,16,19). The summed E-state index contributed by atoms with van der Waals surface area (Å²) in [6, 6.07) is 4.89. The predicted octanol–water partition coefficient (Wildman–Crippen LogP) is 1.09. The molecule has 1 saturated heterocycles. The molecule has 112 valence electrons.